The molecule has 2 rings (SSSR count). The Morgan fingerprint density at radius 2 is 2.30 bits per heavy atom. The van der Waals surface area contributed by atoms with Crippen molar-refractivity contribution in [1.29, 1.82) is 0 Å². The van der Waals surface area contributed by atoms with Crippen molar-refractivity contribution in [1.82, 2.24) is 13.9 Å². The number of sulfonamides is 1. The summed E-state index contributed by atoms with van der Waals surface area (Å²) >= 11 is 0. The third-order valence-corrected chi connectivity index (χ3v) is 5.14. The summed E-state index contributed by atoms with van der Waals surface area (Å²) in [5.41, 5.74) is 0. The molecule has 8 nitrogen and oxygen atoms in total. The van der Waals surface area contributed by atoms with Gasteiger partial charge in [-0.25, -0.2) is 13.4 Å². The molecule has 20 heavy (non-hydrogen) atoms. The van der Waals surface area contributed by atoms with Gasteiger partial charge >= 0.3 is 5.97 Å². The molecule has 0 aromatic carbocycles. The number of imidazole rings is 1. The molecule has 112 valence electrons. The highest BCUT2D eigenvalue weighted by Crippen LogP contribution is 2.27. The smallest absolute Gasteiger partial charge is 0.322 e. The minimum Gasteiger partial charge on any atom is -0.480 e. The van der Waals surface area contributed by atoms with Crippen molar-refractivity contribution in [2.45, 2.75) is 37.1 Å². The van der Waals surface area contributed by atoms with Crippen LogP contribution < -0.4 is 0 Å². The SMILES string of the molecule is CCn1cnc(S(=O)(=O)N2CC(OC)CC2C(=O)O)c1. The van der Waals surface area contributed by atoms with Gasteiger partial charge in [0.1, 0.15) is 6.04 Å². The predicted octanol–water partition coefficient (Wildman–Crippen LogP) is -0.234. The Morgan fingerprint density at radius 3 is 2.80 bits per heavy atom. The summed E-state index contributed by atoms with van der Waals surface area (Å²) in [5.74, 6) is -1.18. The quantitative estimate of drug-likeness (QED) is 0.806. The molecule has 0 bridgehead atoms. The van der Waals surface area contributed by atoms with Crippen LogP contribution in [0, 0.1) is 0 Å². The molecular formula is C11H17N3O5S. The number of carboxylic acids is 1. The highest BCUT2D eigenvalue weighted by atomic mass is 32.2. The number of ether oxygens (including phenoxy) is 1. The number of rotatable bonds is 5. The number of hydrogen-bond donors (Lipinski definition) is 1. The van der Waals surface area contributed by atoms with Crippen molar-refractivity contribution >= 4 is 16.0 Å². The lowest BCUT2D eigenvalue weighted by molar-refractivity contribution is -0.140. The Bertz CT molecular complexity index is 597. The van der Waals surface area contributed by atoms with Gasteiger partial charge in [-0.2, -0.15) is 4.31 Å². The number of hydrogen-bond acceptors (Lipinski definition) is 5. The van der Waals surface area contributed by atoms with Crippen LogP contribution in [0.1, 0.15) is 13.3 Å². The highest BCUT2D eigenvalue weighted by molar-refractivity contribution is 7.89. The Kier molecular flexibility index (Phi) is 4.11. The van der Waals surface area contributed by atoms with Crippen LogP contribution in [0.25, 0.3) is 0 Å². The summed E-state index contributed by atoms with van der Waals surface area (Å²) in [6.07, 6.45) is 2.53. The number of carboxylic acid groups (broad SMARTS) is 1. The van der Waals surface area contributed by atoms with Gasteiger partial charge in [0, 0.05) is 32.8 Å². The fourth-order valence-electron chi connectivity index (χ4n) is 2.20. The van der Waals surface area contributed by atoms with Crippen LogP contribution >= 0.6 is 0 Å². The van der Waals surface area contributed by atoms with E-state index in [0.29, 0.717) is 6.54 Å². The van der Waals surface area contributed by atoms with Crippen molar-refractivity contribution in [2.75, 3.05) is 13.7 Å². The van der Waals surface area contributed by atoms with Gasteiger partial charge in [-0.3, -0.25) is 4.79 Å². The molecule has 2 atom stereocenters. The first-order valence-corrected chi connectivity index (χ1v) is 7.63. The lowest BCUT2D eigenvalue weighted by Gasteiger charge is -2.19. The van der Waals surface area contributed by atoms with E-state index in [9.17, 15) is 18.3 Å². The molecule has 9 heteroatoms. The van der Waals surface area contributed by atoms with Gasteiger partial charge in [0.25, 0.3) is 10.0 Å². The minimum atomic E-state index is -3.92. The van der Waals surface area contributed by atoms with Crippen LogP contribution in [-0.4, -0.2) is 59.2 Å². The third kappa shape index (κ3) is 2.56. The number of aromatic nitrogens is 2. The first kappa shape index (κ1) is 14.9. The van der Waals surface area contributed by atoms with E-state index in [2.05, 4.69) is 4.98 Å². The second-order valence-corrected chi connectivity index (χ2v) is 6.40. The van der Waals surface area contributed by atoms with Gasteiger partial charge in [0.05, 0.1) is 12.4 Å². The molecule has 1 aromatic heterocycles. The second-order valence-electron chi connectivity index (χ2n) is 4.56. The molecule has 0 aliphatic carbocycles. The standard InChI is InChI=1S/C11H17N3O5S/c1-3-13-6-10(12-7-13)20(17,18)14-5-8(19-2)4-9(14)11(15)16/h6-9H,3-5H2,1-2H3,(H,15,16). The van der Waals surface area contributed by atoms with E-state index in [0.717, 1.165) is 4.31 Å². The van der Waals surface area contributed by atoms with Crippen molar-refractivity contribution in [2.24, 2.45) is 0 Å². The lowest BCUT2D eigenvalue weighted by Crippen LogP contribution is -2.40. The molecule has 2 heterocycles. The number of aliphatic carboxylic acids is 1. The van der Waals surface area contributed by atoms with Crippen LogP contribution in [0.2, 0.25) is 0 Å². The molecule has 0 amide bonds. The average Bonchev–Trinajstić information content (AvgIpc) is 3.05. The molecular weight excluding hydrogens is 286 g/mol. The minimum absolute atomic E-state index is 0.0226. The van der Waals surface area contributed by atoms with Gasteiger partial charge in [0.15, 0.2) is 5.03 Å². The summed E-state index contributed by atoms with van der Waals surface area (Å²) in [7, 11) is -2.49. The van der Waals surface area contributed by atoms with Gasteiger partial charge in [-0.15, -0.1) is 0 Å². The maximum atomic E-state index is 12.5. The van der Waals surface area contributed by atoms with Gasteiger partial charge < -0.3 is 14.4 Å². The van der Waals surface area contributed by atoms with Crippen LogP contribution in [-0.2, 0) is 26.1 Å². The fraction of sp³-hybridized carbons (Fsp3) is 0.636. The van der Waals surface area contributed by atoms with Crippen molar-refractivity contribution in [3.63, 3.8) is 0 Å². The first-order chi connectivity index (χ1) is 9.40. The van der Waals surface area contributed by atoms with Crippen LogP contribution in [0.3, 0.4) is 0 Å². The first-order valence-electron chi connectivity index (χ1n) is 6.19. The summed E-state index contributed by atoms with van der Waals surface area (Å²) in [5, 5.41) is 9.03. The summed E-state index contributed by atoms with van der Waals surface area (Å²) < 4.78 is 32.6. The maximum absolute atomic E-state index is 12.5. The highest BCUT2D eigenvalue weighted by Gasteiger charge is 2.45. The molecule has 0 saturated carbocycles. The van der Waals surface area contributed by atoms with E-state index in [1.807, 2.05) is 6.92 Å². The summed E-state index contributed by atoms with van der Waals surface area (Å²) in [6, 6.07) is -1.11. The number of methoxy groups -OCH3 is 1. The lowest BCUT2D eigenvalue weighted by atomic mass is 10.2. The van der Waals surface area contributed by atoms with E-state index in [1.54, 1.807) is 4.57 Å². The predicted molar refractivity (Wildman–Crippen MR) is 68.6 cm³/mol. The van der Waals surface area contributed by atoms with Gasteiger partial charge in [-0.05, 0) is 6.92 Å². The summed E-state index contributed by atoms with van der Waals surface area (Å²) in [4.78, 5) is 15.1. The number of nitrogens with zero attached hydrogens (tertiary/aromatic N) is 3. The molecule has 1 aliphatic heterocycles. The molecule has 1 aliphatic rings. The zero-order chi connectivity index (χ0) is 14.9. The van der Waals surface area contributed by atoms with E-state index in [-0.39, 0.29) is 18.0 Å². The Labute approximate surface area is 117 Å². The van der Waals surface area contributed by atoms with E-state index >= 15 is 0 Å². The maximum Gasteiger partial charge on any atom is 0.322 e. The Hall–Kier alpha value is -1.45. The largest absolute Gasteiger partial charge is 0.480 e. The zero-order valence-electron chi connectivity index (χ0n) is 11.3. The molecule has 0 radical (unpaired) electrons. The normalized spacial score (nSPS) is 24.1. The van der Waals surface area contributed by atoms with E-state index in [1.165, 1.54) is 19.6 Å². The fourth-order valence-corrected chi connectivity index (χ4v) is 3.76. The van der Waals surface area contributed by atoms with E-state index in [4.69, 9.17) is 4.74 Å². The summed E-state index contributed by atoms with van der Waals surface area (Å²) in [6.45, 7) is 2.47. The van der Waals surface area contributed by atoms with Crippen LogP contribution in [0.15, 0.2) is 17.6 Å². The number of aryl methyl sites for hydroxylation is 1. The van der Waals surface area contributed by atoms with Gasteiger partial charge in [-0.1, -0.05) is 0 Å². The van der Waals surface area contributed by atoms with Crippen molar-refractivity contribution < 1.29 is 23.1 Å². The molecule has 0 spiro atoms. The monoisotopic (exact) mass is 303 g/mol. The molecule has 1 N–H and O–H groups in total. The Balaban J connectivity index is 2.34. The van der Waals surface area contributed by atoms with E-state index < -0.39 is 28.1 Å². The molecule has 1 fully saturated rings. The third-order valence-electron chi connectivity index (χ3n) is 3.38. The molecule has 1 aromatic rings. The van der Waals surface area contributed by atoms with Crippen LogP contribution in [0.5, 0.6) is 0 Å². The zero-order valence-corrected chi connectivity index (χ0v) is 12.1. The van der Waals surface area contributed by atoms with Crippen LogP contribution in [0.4, 0.5) is 0 Å². The second kappa shape index (κ2) is 5.51. The topological polar surface area (TPSA) is 102 Å². The molecule has 2 unspecified atom stereocenters. The number of carbonyl (C=O) groups is 1. The van der Waals surface area contributed by atoms with Crippen molar-refractivity contribution in [3.05, 3.63) is 12.5 Å². The molecule has 1 saturated heterocycles. The average molecular weight is 303 g/mol. The van der Waals surface area contributed by atoms with Crippen molar-refractivity contribution in [3.8, 4) is 0 Å². The Morgan fingerprint density at radius 1 is 1.60 bits per heavy atom. The van der Waals surface area contributed by atoms with Gasteiger partial charge in [0.2, 0.25) is 0 Å².